The third kappa shape index (κ3) is 2.75. The van der Waals surface area contributed by atoms with Crippen molar-refractivity contribution in [3.05, 3.63) is 46.6 Å². The van der Waals surface area contributed by atoms with E-state index < -0.39 is 0 Å². The van der Waals surface area contributed by atoms with Crippen LogP contribution in [0.15, 0.2) is 41.0 Å². The Bertz CT molecular complexity index is 745. The van der Waals surface area contributed by atoms with Gasteiger partial charge in [0.05, 0.1) is 7.11 Å². The zero-order valence-corrected chi connectivity index (χ0v) is 13.1. The lowest BCUT2D eigenvalue weighted by Gasteiger charge is -2.08. The van der Waals surface area contributed by atoms with Gasteiger partial charge in [-0.05, 0) is 29.6 Å². The SMILES string of the molecule is COc1ccc(Cl)cc1CSc1ncnc2sccc12. The van der Waals surface area contributed by atoms with Crippen LogP contribution in [-0.2, 0) is 5.75 Å². The molecule has 0 bridgehead atoms. The third-order valence-corrected chi connectivity index (χ3v) is 4.94. The van der Waals surface area contributed by atoms with Gasteiger partial charge >= 0.3 is 0 Å². The summed E-state index contributed by atoms with van der Waals surface area (Å²) in [6, 6.07) is 7.70. The number of aromatic nitrogens is 2. The summed E-state index contributed by atoms with van der Waals surface area (Å²) in [4.78, 5) is 9.62. The molecule has 0 unspecified atom stereocenters. The van der Waals surface area contributed by atoms with Crippen molar-refractivity contribution in [2.24, 2.45) is 0 Å². The van der Waals surface area contributed by atoms with E-state index in [2.05, 4.69) is 16.0 Å². The van der Waals surface area contributed by atoms with Crippen LogP contribution >= 0.6 is 34.7 Å². The van der Waals surface area contributed by atoms with Crippen LogP contribution in [0.2, 0.25) is 5.02 Å². The number of thiophene rings is 1. The summed E-state index contributed by atoms with van der Waals surface area (Å²) >= 11 is 9.33. The van der Waals surface area contributed by atoms with Crippen molar-refractivity contribution < 1.29 is 4.74 Å². The quantitative estimate of drug-likeness (QED) is 0.517. The Labute approximate surface area is 130 Å². The number of benzene rings is 1. The first-order valence-corrected chi connectivity index (χ1v) is 8.15. The fraction of sp³-hybridized carbons (Fsp3) is 0.143. The van der Waals surface area contributed by atoms with Gasteiger partial charge in [-0.25, -0.2) is 9.97 Å². The van der Waals surface area contributed by atoms with Crippen LogP contribution in [0.5, 0.6) is 5.75 Å². The molecule has 0 aliphatic heterocycles. The number of ether oxygens (including phenoxy) is 1. The molecule has 0 N–H and O–H groups in total. The summed E-state index contributed by atoms with van der Waals surface area (Å²) in [6.45, 7) is 0. The molecule has 2 heterocycles. The first-order valence-electron chi connectivity index (χ1n) is 5.91. The first-order chi connectivity index (χ1) is 9.78. The summed E-state index contributed by atoms with van der Waals surface area (Å²) in [5.74, 6) is 1.60. The van der Waals surface area contributed by atoms with Gasteiger partial charge in [0.1, 0.15) is 21.9 Å². The van der Waals surface area contributed by atoms with E-state index in [1.54, 1.807) is 36.5 Å². The highest BCUT2D eigenvalue weighted by Crippen LogP contribution is 2.33. The molecule has 0 atom stereocenters. The Morgan fingerprint density at radius 2 is 2.20 bits per heavy atom. The number of nitrogens with zero attached hydrogens (tertiary/aromatic N) is 2. The highest BCUT2D eigenvalue weighted by molar-refractivity contribution is 7.98. The Balaban J connectivity index is 1.86. The second-order valence-corrected chi connectivity index (χ2v) is 6.36. The molecule has 102 valence electrons. The van der Waals surface area contributed by atoms with Gasteiger partial charge in [-0.3, -0.25) is 0 Å². The lowest BCUT2D eigenvalue weighted by atomic mass is 10.2. The van der Waals surface area contributed by atoms with Crippen molar-refractivity contribution in [1.82, 2.24) is 9.97 Å². The minimum atomic E-state index is 0.713. The van der Waals surface area contributed by atoms with Gasteiger partial charge in [-0.2, -0.15) is 0 Å². The number of halogens is 1. The fourth-order valence-corrected chi connectivity index (χ4v) is 3.84. The van der Waals surface area contributed by atoms with Crippen LogP contribution in [0.25, 0.3) is 10.2 Å². The summed E-state index contributed by atoms with van der Waals surface area (Å²) < 4.78 is 5.36. The molecule has 0 amide bonds. The lowest BCUT2D eigenvalue weighted by molar-refractivity contribution is 0.411. The van der Waals surface area contributed by atoms with Gasteiger partial charge in [-0.15, -0.1) is 23.1 Å². The normalized spacial score (nSPS) is 10.9. The van der Waals surface area contributed by atoms with Gasteiger partial charge in [0.2, 0.25) is 0 Å². The summed E-state index contributed by atoms with van der Waals surface area (Å²) in [5, 5.41) is 4.83. The molecule has 6 heteroatoms. The maximum Gasteiger partial charge on any atom is 0.127 e. The molecular weight excluding hydrogens is 312 g/mol. The van der Waals surface area contributed by atoms with E-state index in [-0.39, 0.29) is 0 Å². The minimum absolute atomic E-state index is 0.713. The topological polar surface area (TPSA) is 35.0 Å². The lowest BCUT2D eigenvalue weighted by Crippen LogP contribution is -1.91. The van der Waals surface area contributed by atoms with Crippen molar-refractivity contribution in [2.75, 3.05) is 7.11 Å². The smallest absolute Gasteiger partial charge is 0.127 e. The number of fused-ring (bicyclic) bond motifs is 1. The molecule has 0 saturated carbocycles. The highest BCUT2D eigenvalue weighted by atomic mass is 35.5. The third-order valence-electron chi connectivity index (χ3n) is 2.83. The van der Waals surface area contributed by atoms with Crippen molar-refractivity contribution in [1.29, 1.82) is 0 Å². The maximum absolute atomic E-state index is 6.04. The van der Waals surface area contributed by atoms with E-state index in [9.17, 15) is 0 Å². The van der Waals surface area contributed by atoms with Crippen LogP contribution < -0.4 is 4.74 Å². The Morgan fingerprint density at radius 1 is 1.30 bits per heavy atom. The monoisotopic (exact) mass is 322 g/mol. The van der Waals surface area contributed by atoms with Gasteiger partial charge < -0.3 is 4.74 Å². The minimum Gasteiger partial charge on any atom is -0.496 e. The van der Waals surface area contributed by atoms with Crippen molar-refractivity contribution in [2.45, 2.75) is 10.8 Å². The van der Waals surface area contributed by atoms with E-state index in [4.69, 9.17) is 16.3 Å². The summed E-state index contributed by atoms with van der Waals surface area (Å²) in [7, 11) is 1.67. The van der Waals surface area contributed by atoms with E-state index in [0.29, 0.717) is 5.02 Å². The second-order valence-electron chi connectivity index (χ2n) is 4.06. The fourth-order valence-electron chi connectivity index (χ4n) is 1.89. The van der Waals surface area contributed by atoms with E-state index >= 15 is 0 Å². The molecule has 3 nitrogen and oxygen atoms in total. The largest absolute Gasteiger partial charge is 0.496 e. The average Bonchev–Trinajstić information content (AvgIpc) is 2.94. The number of rotatable bonds is 4. The first kappa shape index (κ1) is 13.7. The number of thioether (sulfide) groups is 1. The average molecular weight is 323 g/mol. The van der Waals surface area contributed by atoms with Crippen molar-refractivity contribution in [3.8, 4) is 5.75 Å². The zero-order chi connectivity index (χ0) is 13.9. The van der Waals surface area contributed by atoms with Crippen molar-refractivity contribution >= 4 is 44.9 Å². The van der Waals surface area contributed by atoms with Crippen LogP contribution in [0, 0.1) is 0 Å². The molecule has 3 aromatic rings. The predicted molar refractivity (Wildman–Crippen MR) is 85.0 cm³/mol. The van der Waals surface area contributed by atoms with Gasteiger partial charge in [-0.1, -0.05) is 11.6 Å². The number of hydrogen-bond donors (Lipinski definition) is 0. The van der Waals surface area contributed by atoms with Crippen molar-refractivity contribution in [3.63, 3.8) is 0 Å². The molecule has 1 aromatic carbocycles. The second kappa shape index (κ2) is 5.99. The van der Waals surface area contributed by atoms with Crippen LogP contribution in [0.1, 0.15) is 5.56 Å². The standard InChI is InChI=1S/C14H11ClN2OS2/c1-18-12-3-2-10(15)6-9(12)7-20-14-11-4-5-19-13(11)16-8-17-14/h2-6,8H,7H2,1H3. The molecule has 0 fully saturated rings. The van der Waals surface area contributed by atoms with Crippen LogP contribution in [0.4, 0.5) is 0 Å². The van der Waals surface area contributed by atoms with Gasteiger partial charge in [0.15, 0.2) is 0 Å². The van der Waals surface area contributed by atoms with E-state index in [0.717, 1.165) is 32.3 Å². The molecule has 0 radical (unpaired) electrons. The van der Waals surface area contributed by atoms with E-state index in [1.807, 2.05) is 23.6 Å². The number of methoxy groups -OCH3 is 1. The Hall–Kier alpha value is -1.30. The molecule has 20 heavy (non-hydrogen) atoms. The maximum atomic E-state index is 6.04. The molecular formula is C14H11ClN2OS2. The molecule has 0 aliphatic rings. The van der Waals surface area contributed by atoms with Crippen LogP contribution in [0.3, 0.4) is 0 Å². The zero-order valence-electron chi connectivity index (χ0n) is 10.7. The predicted octanol–water partition coefficient (Wildman–Crippen LogP) is 4.65. The van der Waals surface area contributed by atoms with Gasteiger partial charge in [0.25, 0.3) is 0 Å². The summed E-state index contributed by atoms with van der Waals surface area (Å²) in [6.07, 6.45) is 1.61. The molecule has 3 rings (SSSR count). The van der Waals surface area contributed by atoms with E-state index in [1.165, 1.54) is 0 Å². The van der Waals surface area contributed by atoms with Crippen LogP contribution in [-0.4, -0.2) is 17.1 Å². The Kier molecular flexibility index (Phi) is 4.10. The molecule has 0 aliphatic carbocycles. The van der Waals surface area contributed by atoms with Gasteiger partial charge in [0, 0.05) is 21.7 Å². The molecule has 2 aromatic heterocycles. The number of hydrogen-bond acceptors (Lipinski definition) is 5. The Morgan fingerprint density at radius 3 is 3.05 bits per heavy atom. The highest BCUT2D eigenvalue weighted by Gasteiger charge is 2.09. The molecule has 0 spiro atoms. The summed E-state index contributed by atoms with van der Waals surface area (Å²) in [5.41, 5.74) is 1.06. The molecule has 0 saturated heterocycles.